The number of aromatic nitrogens is 2. The van der Waals surface area contributed by atoms with Gasteiger partial charge in [-0.3, -0.25) is 4.79 Å². The van der Waals surface area contributed by atoms with Gasteiger partial charge in [0.05, 0.1) is 13.1 Å². The lowest BCUT2D eigenvalue weighted by Crippen LogP contribution is -2.55. The lowest BCUT2D eigenvalue weighted by Gasteiger charge is -2.41. The van der Waals surface area contributed by atoms with E-state index in [1.165, 1.54) is 0 Å². The van der Waals surface area contributed by atoms with Crippen LogP contribution in [0.3, 0.4) is 0 Å². The van der Waals surface area contributed by atoms with Crippen LogP contribution < -0.4 is 15.0 Å². The molecule has 4 rings (SSSR count). The van der Waals surface area contributed by atoms with Crippen LogP contribution >= 0.6 is 0 Å². The molecular weight excluding hydrogens is 352 g/mol. The molecule has 28 heavy (non-hydrogen) atoms. The number of carbonyl (C=O) groups excluding carboxylic acids is 1. The van der Waals surface area contributed by atoms with Crippen molar-refractivity contribution in [1.29, 1.82) is 0 Å². The van der Waals surface area contributed by atoms with Crippen molar-refractivity contribution in [3.8, 4) is 5.75 Å². The number of para-hydroxylation sites is 1. The van der Waals surface area contributed by atoms with E-state index in [-0.39, 0.29) is 12.0 Å². The average molecular weight is 380 g/mol. The maximum Gasteiger partial charge on any atom is 0.270 e. The van der Waals surface area contributed by atoms with Crippen LogP contribution in [0.5, 0.6) is 5.75 Å². The minimum atomic E-state index is -0.0845. The molecule has 1 saturated heterocycles. The summed E-state index contributed by atoms with van der Waals surface area (Å²) in [5, 5.41) is 2.90. The molecule has 6 nitrogen and oxygen atoms in total. The monoisotopic (exact) mass is 380 g/mol. The van der Waals surface area contributed by atoms with E-state index in [0.29, 0.717) is 18.2 Å². The van der Waals surface area contributed by atoms with Crippen LogP contribution in [0.2, 0.25) is 0 Å². The molecule has 3 heterocycles. The van der Waals surface area contributed by atoms with Gasteiger partial charge in [-0.1, -0.05) is 32.0 Å². The smallest absolute Gasteiger partial charge is 0.270 e. The number of fused-ring (bicyclic) bond motifs is 1. The standard InChI is InChI=1S/C22H28N4O2/c1-13(2)10-18-24-19-17(8-9-23-22(19)27)21(25-18)26-11-16(12-26)28-20-14(3)6-5-7-15(20)4/h5-7,13,16H,8-12H2,1-4H3,(H,23,27). The number of nitrogens with one attached hydrogen (secondary N) is 1. The number of anilines is 1. The van der Waals surface area contributed by atoms with E-state index < -0.39 is 0 Å². The second-order valence-electron chi connectivity index (χ2n) is 8.26. The first kappa shape index (κ1) is 18.7. The molecule has 0 saturated carbocycles. The number of rotatable bonds is 5. The molecule has 1 fully saturated rings. The Balaban J connectivity index is 1.55. The van der Waals surface area contributed by atoms with Gasteiger partial charge in [0, 0.05) is 18.5 Å². The third-order valence-electron chi connectivity index (χ3n) is 5.34. The lowest BCUT2D eigenvalue weighted by molar-refractivity contribution is 0.0939. The maximum atomic E-state index is 12.3. The largest absolute Gasteiger partial charge is 0.486 e. The van der Waals surface area contributed by atoms with Gasteiger partial charge in [-0.2, -0.15) is 0 Å². The van der Waals surface area contributed by atoms with E-state index in [9.17, 15) is 4.79 Å². The van der Waals surface area contributed by atoms with Crippen molar-refractivity contribution in [3.63, 3.8) is 0 Å². The molecule has 1 aromatic heterocycles. The Morgan fingerprint density at radius 3 is 2.61 bits per heavy atom. The Kier molecular flexibility index (Phi) is 4.96. The summed E-state index contributed by atoms with van der Waals surface area (Å²) in [6, 6.07) is 6.21. The molecule has 0 atom stereocenters. The molecule has 0 spiro atoms. The SMILES string of the molecule is Cc1cccc(C)c1OC1CN(c2nc(CC(C)C)nc3c2CCNC3=O)C1. The highest BCUT2D eigenvalue weighted by atomic mass is 16.5. The van der Waals surface area contributed by atoms with Crippen LogP contribution in [0.1, 0.15) is 46.9 Å². The lowest BCUT2D eigenvalue weighted by atomic mass is 10.0. The molecule has 2 aliphatic heterocycles. The number of nitrogens with zero attached hydrogens (tertiary/aromatic N) is 3. The van der Waals surface area contributed by atoms with Crippen LogP contribution in [0.15, 0.2) is 18.2 Å². The third kappa shape index (κ3) is 3.55. The Hall–Kier alpha value is -2.63. The summed E-state index contributed by atoms with van der Waals surface area (Å²) in [5.41, 5.74) is 3.84. The van der Waals surface area contributed by atoms with Gasteiger partial charge >= 0.3 is 0 Å². The molecule has 0 radical (unpaired) electrons. The Bertz CT molecular complexity index is 883. The molecule has 148 valence electrons. The average Bonchev–Trinajstić information content (AvgIpc) is 2.60. The fourth-order valence-electron chi connectivity index (χ4n) is 3.88. The van der Waals surface area contributed by atoms with Crippen molar-refractivity contribution in [2.45, 2.75) is 46.6 Å². The molecule has 1 aromatic carbocycles. The van der Waals surface area contributed by atoms with Crippen LogP contribution in [0.4, 0.5) is 5.82 Å². The highest BCUT2D eigenvalue weighted by molar-refractivity contribution is 5.96. The van der Waals surface area contributed by atoms with Crippen LogP contribution in [-0.2, 0) is 12.8 Å². The predicted molar refractivity (Wildman–Crippen MR) is 109 cm³/mol. The van der Waals surface area contributed by atoms with Gasteiger partial charge in [0.15, 0.2) is 0 Å². The zero-order valence-electron chi connectivity index (χ0n) is 17.1. The van der Waals surface area contributed by atoms with Crippen LogP contribution in [-0.4, -0.2) is 41.6 Å². The van der Waals surface area contributed by atoms with E-state index in [2.05, 4.69) is 61.1 Å². The summed E-state index contributed by atoms with van der Waals surface area (Å²) in [7, 11) is 0. The topological polar surface area (TPSA) is 67.3 Å². The van der Waals surface area contributed by atoms with Gasteiger partial charge in [0.2, 0.25) is 0 Å². The number of amides is 1. The maximum absolute atomic E-state index is 12.3. The summed E-state index contributed by atoms with van der Waals surface area (Å²) in [4.78, 5) is 24.0. The quantitative estimate of drug-likeness (QED) is 0.864. The van der Waals surface area contributed by atoms with Crippen molar-refractivity contribution in [2.75, 3.05) is 24.5 Å². The number of carbonyl (C=O) groups is 1. The number of ether oxygens (including phenoxy) is 1. The summed E-state index contributed by atoms with van der Waals surface area (Å²) in [6.07, 6.45) is 1.68. The van der Waals surface area contributed by atoms with E-state index in [1.54, 1.807) is 0 Å². The molecular formula is C22H28N4O2. The molecule has 6 heteroatoms. The summed E-state index contributed by atoms with van der Waals surface area (Å²) >= 11 is 0. The number of aryl methyl sites for hydroxylation is 2. The highest BCUT2D eigenvalue weighted by Crippen LogP contribution is 2.31. The van der Waals surface area contributed by atoms with Crippen LogP contribution in [0.25, 0.3) is 0 Å². The predicted octanol–water partition coefficient (Wildman–Crippen LogP) is 2.85. The molecule has 2 aliphatic rings. The van der Waals surface area contributed by atoms with Crippen molar-refractivity contribution in [3.05, 3.63) is 46.4 Å². The minimum Gasteiger partial charge on any atom is -0.486 e. The fourth-order valence-corrected chi connectivity index (χ4v) is 3.88. The first-order valence-corrected chi connectivity index (χ1v) is 10.1. The van der Waals surface area contributed by atoms with Crippen molar-refractivity contribution in [2.24, 2.45) is 5.92 Å². The molecule has 1 amide bonds. The van der Waals surface area contributed by atoms with E-state index in [4.69, 9.17) is 9.72 Å². The number of hydrogen-bond donors (Lipinski definition) is 1. The van der Waals surface area contributed by atoms with Gasteiger partial charge in [-0.15, -0.1) is 0 Å². The number of hydrogen-bond acceptors (Lipinski definition) is 5. The number of benzene rings is 1. The Morgan fingerprint density at radius 2 is 1.93 bits per heavy atom. The van der Waals surface area contributed by atoms with E-state index in [0.717, 1.165) is 60.0 Å². The summed E-state index contributed by atoms with van der Waals surface area (Å²) < 4.78 is 6.26. The zero-order valence-corrected chi connectivity index (χ0v) is 17.1. The molecule has 2 aromatic rings. The molecule has 1 N–H and O–H groups in total. The van der Waals surface area contributed by atoms with E-state index in [1.807, 2.05) is 0 Å². The van der Waals surface area contributed by atoms with Gasteiger partial charge in [0.1, 0.15) is 29.2 Å². The van der Waals surface area contributed by atoms with Gasteiger partial charge in [-0.25, -0.2) is 9.97 Å². The van der Waals surface area contributed by atoms with Gasteiger partial charge in [-0.05, 0) is 37.3 Å². The third-order valence-corrected chi connectivity index (χ3v) is 5.34. The molecule has 0 bridgehead atoms. The Morgan fingerprint density at radius 1 is 1.21 bits per heavy atom. The van der Waals surface area contributed by atoms with Crippen molar-refractivity contribution < 1.29 is 9.53 Å². The van der Waals surface area contributed by atoms with Gasteiger partial charge < -0.3 is 15.0 Å². The second-order valence-corrected chi connectivity index (χ2v) is 8.26. The highest BCUT2D eigenvalue weighted by Gasteiger charge is 2.34. The first-order chi connectivity index (χ1) is 13.4. The van der Waals surface area contributed by atoms with Crippen molar-refractivity contribution >= 4 is 11.7 Å². The van der Waals surface area contributed by atoms with Crippen LogP contribution in [0, 0.1) is 19.8 Å². The van der Waals surface area contributed by atoms with Gasteiger partial charge in [0.25, 0.3) is 5.91 Å². The minimum absolute atomic E-state index is 0.0845. The zero-order chi connectivity index (χ0) is 19.8. The summed E-state index contributed by atoms with van der Waals surface area (Å²) in [5.74, 6) is 3.00. The van der Waals surface area contributed by atoms with E-state index >= 15 is 0 Å². The Labute approximate surface area is 166 Å². The molecule has 0 aliphatic carbocycles. The molecule has 0 unspecified atom stereocenters. The normalized spacial score (nSPS) is 16.6. The summed E-state index contributed by atoms with van der Waals surface area (Å²) in [6.45, 7) is 10.6. The second kappa shape index (κ2) is 7.41. The fraction of sp³-hybridized carbons (Fsp3) is 0.500. The first-order valence-electron chi connectivity index (χ1n) is 10.1. The van der Waals surface area contributed by atoms with Crippen molar-refractivity contribution in [1.82, 2.24) is 15.3 Å².